The summed E-state index contributed by atoms with van der Waals surface area (Å²) in [5.74, 6) is 2.98. The first kappa shape index (κ1) is 16.1. The summed E-state index contributed by atoms with van der Waals surface area (Å²) in [6, 6.07) is 0. The minimum absolute atomic E-state index is 0.0384. The van der Waals surface area contributed by atoms with Gasteiger partial charge in [0.15, 0.2) is 5.79 Å². The van der Waals surface area contributed by atoms with Crippen LogP contribution in [0.5, 0.6) is 0 Å². The van der Waals surface area contributed by atoms with Gasteiger partial charge >= 0.3 is 0 Å². The number of aliphatic hydroxyl groups excluding tert-OH is 1. The smallest absolute Gasteiger partial charge is 0.174 e. The third-order valence-corrected chi connectivity index (χ3v) is 9.44. The Hall–Kier alpha value is -0.120. The van der Waals surface area contributed by atoms with Crippen molar-refractivity contribution >= 4 is 0 Å². The zero-order chi connectivity index (χ0) is 16.6. The summed E-state index contributed by atoms with van der Waals surface area (Å²) in [7, 11) is 0. The van der Waals surface area contributed by atoms with Crippen molar-refractivity contribution in [1.82, 2.24) is 0 Å². The van der Waals surface area contributed by atoms with E-state index >= 15 is 0 Å². The van der Waals surface area contributed by atoms with Crippen LogP contribution in [0.3, 0.4) is 0 Å². The van der Waals surface area contributed by atoms with Gasteiger partial charge in [-0.1, -0.05) is 13.8 Å². The van der Waals surface area contributed by atoms with Crippen molar-refractivity contribution in [3.8, 4) is 0 Å². The molecular weight excluding hydrogens is 300 g/mol. The van der Waals surface area contributed by atoms with Gasteiger partial charge in [0.1, 0.15) is 0 Å². The Morgan fingerprint density at radius 3 is 2.38 bits per heavy atom. The van der Waals surface area contributed by atoms with E-state index in [-0.39, 0.29) is 17.3 Å². The zero-order valence-corrected chi connectivity index (χ0v) is 15.4. The fourth-order valence-electron chi connectivity index (χ4n) is 8.12. The topological polar surface area (TPSA) is 38.7 Å². The van der Waals surface area contributed by atoms with Crippen LogP contribution in [0.2, 0.25) is 0 Å². The summed E-state index contributed by atoms with van der Waals surface area (Å²) < 4.78 is 12.5. The second-order valence-corrected chi connectivity index (χ2v) is 10.0. The van der Waals surface area contributed by atoms with Crippen molar-refractivity contribution in [2.45, 2.75) is 83.5 Å². The van der Waals surface area contributed by atoms with E-state index in [1.165, 1.54) is 38.5 Å². The van der Waals surface area contributed by atoms with Crippen LogP contribution in [-0.2, 0) is 9.47 Å². The van der Waals surface area contributed by atoms with E-state index in [4.69, 9.17) is 9.47 Å². The fraction of sp³-hybridized carbons (Fsp3) is 1.00. The largest absolute Gasteiger partial charge is 0.393 e. The average Bonchev–Trinajstić information content (AvgIpc) is 3.15. The molecule has 0 amide bonds. The molecule has 0 aromatic heterocycles. The summed E-state index contributed by atoms with van der Waals surface area (Å²) in [6.45, 7) is 6.61. The molecule has 4 aliphatic carbocycles. The number of rotatable bonds is 0. The Morgan fingerprint density at radius 2 is 1.58 bits per heavy atom. The van der Waals surface area contributed by atoms with Gasteiger partial charge in [-0.2, -0.15) is 0 Å². The van der Waals surface area contributed by atoms with Gasteiger partial charge in [0.25, 0.3) is 0 Å². The minimum atomic E-state index is -0.261. The standard InChI is InChI=1S/C21H34O3/c1-19-8-5-15(22)13-14(19)3-4-16-17(19)6-9-20(2)18(16)7-10-21(20)23-11-12-24-21/h14-18,22H,3-13H2,1-2H3/t14-,15-,16-,17+,18+,19+,20+/m1/s1. The van der Waals surface area contributed by atoms with Gasteiger partial charge in [-0.25, -0.2) is 0 Å². The van der Waals surface area contributed by atoms with Crippen LogP contribution < -0.4 is 0 Å². The molecule has 1 saturated heterocycles. The molecule has 0 aromatic rings. The van der Waals surface area contributed by atoms with Crippen LogP contribution in [0.1, 0.15) is 71.6 Å². The lowest BCUT2D eigenvalue weighted by Crippen LogP contribution is -2.57. The summed E-state index contributed by atoms with van der Waals surface area (Å²) in [6.07, 6.45) is 11.0. The van der Waals surface area contributed by atoms with E-state index in [2.05, 4.69) is 13.8 Å². The molecule has 1 aliphatic heterocycles. The number of ether oxygens (including phenoxy) is 2. The molecule has 1 spiro atoms. The van der Waals surface area contributed by atoms with Crippen molar-refractivity contribution in [1.29, 1.82) is 0 Å². The van der Waals surface area contributed by atoms with Gasteiger partial charge in [0.2, 0.25) is 0 Å². The molecule has 3 heteroatoms. The molecule has 5 rings (SSSR count). The molecule has 1 N–H and O–H groups in total. The highest BCUT2D eigenvalue weighted by atomic mass is 16.7. The lowest BCUT2D eigenvalue weighted by molar-refractivity contribution is -0.247. The molecule has 3 nitrogen and oxygen atoms in total. The van der Waals surface area contributed by atoms with Gasteiger partial charge in [-0.05, 0) is 80.5 Å². The molecule has 5 fully saturated rings. The molecule has 1 heterocycles. The number of hydrogen-bond donors (Lipinski definition) is 1. The fourth-order valence-corrected chi connectivity index (χ4v) is 8.12. The summed E-state index contributed by atoms with van der Waals surface area (Å²) >= 11 is 0. The van der Waals surface area contributed by atoms with Crippen LogP contribution in [-0.4, -0.2) is 30.2 Å². The average molecular weight is 335 g/mol. The van der Waals surface area contributed by atoms with Gasteiger partial charge in [-0.3, -0.25) is 0 Å². The lowest BCUT2D eigenvalue weighted by Gasteiger charge is -2.61. The molecule has 136 valence electrons. The molecular formula is C21H34O3. The maximum atomic E-state index is 10.2. The molecule has 0 bridgehead atoms. The van der Waals surface area contributed by atoms with Crippen LogP contribution in [0.4, 0.5) is 0 Å². The van der Waals surface area contributed by atoms with Crippen molar-refractivity contribution in [3.63, 3.8) is 0 Å². The van der Waals surface area contributed by atoms with Gasteiger partial charge in [0.05, 0.1) is 19.3 Å². The van der Waals surface area contributed by atoms with Crippen LogP contribution in [0, 0.1) is 34.5 Å². The maximum absolute atomic E-state index is 10.2. The van der Waals surface area contributed by atoms with Crippen LogP contribution >= 0.6 is 0 Å². The molecule has 7 atom stereocenters. The number of hydrogen-bond acceptors (Lipinski definition) is 3. The molecule has 4 saturated carbocycles. The predicted octanol–water partition coefficient (Wildman–Crippen LogP) is 4.13. The summed E-state index contributed by atoms with van der Waals surface area (Å²) in [5.41, 5.74) is 0.693. The van der Waals surface area contributed by atoms with Gasteiger partial charge in [-0.15, -0.1) is 0 Å². The molecule has 0 radical (unpaired) electrons. The molecule has 24 heavy (non-hydrogen) atoms. The second kappa shape index (κ2) is 5.20. The van der Waals surface area contributed by atoms with Crippen molar-refractivity contribution in [2.24, 2.45) is 34.5 Å². The van der Waals surface area contributed by atoms with E-state index < -0.39 is 0 Å². The first-order valence-corrected chi connectivity index (χ1v) is 10.4. The minimum Gasteiger partial charge on any atom is -0.393 e. The Morgan fingerprint density at radius 1 is 0.833 bits per heavy atom. The van der Waals surface area contributed by atoms with E-state index in [9.17, 15) is 5.11 Å². The van der Waals surface area contributed by atoms with E-state index in [1.807, 2.05) is 0 Å². The van der Waals surface area contributed by atoms with Crippen molar-refractivity contribution < 1.29 is 14.6 Å². The third kappa shape index (κ3) is 1.90. The molecule has 0 aromatic carbocycles. The number of aliphatic hydroxyl groups is 1. The van der Waals surface area contributed by atoms with Crippen LogP contribution in [0.25, 0.3) is 0 Å². The normalized spacial score (nSPS) is 55.9. The number of fused-ring (bicyclic) bond motifs is 6. The Bertz CT molecular complexity index is 513. The highest BCUT2D eigenvalue weighted by Crippen LogP contribution is 2.69. The van der Waals surface area contributed by atoms with E-state index in [0.29, 0.717) is 5.41 Å². The predicted molar refractivity (Wildman–Crippen MR) is 92.4 cm³/mol. The summed E-state index contributed by atoms with van der Waals surface area (Å²) in [4.78, 5) is 0. The molecule has 0 unspecified atom stereocenters. The quantitative estimate of drug-likeness (QED) is 0.724. The zero-order valence-electron chi connectivity index (χ0n) is 15.4. The first-order valence-electron chi connectivity index (χ1n) is 10.4. The molecule has 5 aliphatic rings. The second-order valence-electron chi connectivity index (χ2n) is 10.0. The highest BCUT2D eigenvalue weighted by Gasteiger charge is 2.67. The maximum Gasteiger partial charge on any atom is 0.174 e. The monoisotopic (exact) mass is 334 g/mol. The SMILES string of the molecule is C[C@]12CC[C@@H](O)C[C@H]1CC[C@@H]1[C@@H]2CC[C@@]2(C)[C@H]1CCC21OCCO1. The Kier molecular flexibility index (Phi) is 3.49. The summed E-state index contributed by atoms with van der Waals surface area (Å²) in [5, 5.41) is 10.2. The highest BCUT2D eigenvalue weighted by molar-refractivity contribution is 5.12. The van der Waals surface area contributed by atoms with Gasteiger partial charge in [0, 0.05) is 11.8 Å². The Balaban J connectivity index is 1.45. The van der Waals surface area contributed by atoms with E-state index in [0.717, 1.165) is 56.1 Å². The van der Waals surface area contributed by atoms with E-state index in [1.54, 1.807) is 0 Å². The third-order valence-electron chi connectivity index (χ3n) is 9.44. The van der Waals surface area contributed by atoms with Gasteiger partial charge < -0.3 is 14.6 Å². The van der Waals surface area contributed by atoms with Crippen LogP contribution in [0.15, 0.2) is 0 Å². The lowest BCUT2D eigenvalue weighted by atomic mass is 9.45. The van der Waals surface area contributed by atoms with Crippen molar-refractivity contribution in [2.75, 3.05) is 13.2 Å². The first-order chi connectivity index (χ1) is 11.5. The van der Waals surface area contributed by atoms with Crippen molar-refractivity contribution in [3.05, 3.63) is 0 Å². The Labute approximate surface area is 146 Å².